The number of rotatable bonds is 9. The number of ether oxygens (including phenoxy) is 1. The van der Waals surface area contributed by atoms with E-state index in [1.165, 1.54) is 10.8 Å². The van der Waals surface area contributed by atoms with Gasteiger partial charge in [0.15, 0.2) is 0 Å². The van der Waals surface area contributed by atoms with Gasteiger partial charge in [0.05, 0.1) is 58.2 Å². The largest absolute Gasteiger partial charge is 0.458 e. The molecule has 80 heavy (non-hydrogen) atoms. The van der Waals surface area contributed by atoms with Crippen LogP contribution in [0.25, 0.3) is 111 Å². The van der Waals surface area contributed by atoms with Crippen molar-refractivity contribution < 1.29 is 23.0 Å². The quantitative estimate of drug-likeness (QED) is 0.107. The molecule has 0 fully saturated rings. The molecule has 0 N–H and O–H groups in total. The standard InChI is InChI=1S/C74H59N5O/c1-73(2,3)52-41-42-75-71(44-52)79-67-40-36-54(78-65-33-17-14-28-60(65)61-29-15-18-34-66(61)78)46-63(67)62-38-37-56(47-69(62)79)80-55-26-19-25-53(45-55)76-48-77(70-43-51(35-39-68(70)76)57-27-13-16-32-64(57)74(4,5)6)72-58(49-21-9-7-10-22-49)30-20-31-59(72)50-23-11-8-12-24-50/h7-47H,1-6H3/i7D,8D,9D,10D,11D,12D,21D,22D,23D,24D. The number of para-hydroxylation sites is 3. The summed E-state index contributed by atoms with van der Waals surface area (Å²) in [5, 5.41) is 4.40. The molecule has 0 atom stereocenters. The van der Waals surface area contributed by atoms with Gasteiger partial charge in [0, 0.05) is 39.5 Å². The van der Waals surface area contributed by atoms with Gasteiger partial charge in [0.25, 0.3) is 6.33 Å². The second kappa shape index (κ2) is 19.0. The van der Waals surface area contributed by atoms with Crippen molar-refractivity contribution in [2.24, 2.45) is 0 Å². The molecule has 0 bridgehead atoms. The number of nitrogens with zero attached hydrogens (tertiary/aromatic N) is 5. The molecule has 6 heteroatoms. The lowest BCUT2D eigenvalue weighted by Crippen LogP contribution is -2.31. The van der Waals surface area contributed by atoms with E-state index in [-0.39, 0.29) is 38.8 Å². The van der Waals surface area contributed by atoms with E-state index in [0.717, 1.165) is 66.6 Å². The molecule has 4 heterocycles. The molecule has 0 aliphatic heterocycles. The summed E-state index contributed by atoms with van der Waals surface area (Å²) >= 11 is 0. The summed E-state index contributed by atoms with van der Waals surface area (Å²) in [6.07, 6.45) is 5.46. The van der Waals surface area contributed by atoms with Gasteiger partial charge in [-0.15, -0.1) is 0 Å². The molecule has 0 aliphatic rings. The maximum Gasteiger partial charge on any atom is 0.269 e. The van der Waals surface area contributed by atoms with Crippen molar-refractivity contribution in [2.45, 2.75) is 52.4 Å². The van der Waals surface area contributed by atoms with Crippen LogP contribution < -0.4 is 9.30 Å². The molecule has 10 aromatic carbocycles. The van der Waals surface area contributed by atoms with Crippen LogP contribution >= 0.6 is 0 Å². The topological polar surface area (TPSA) is 40.8 Å². The minimum atomic E-state index is -0.576. The van der Waals surface area contributed by atoms with Crippen LogP contribution in [0.4, 0.5) is 0 Å². The highest BCUT2D eigenvalue weighted by Gasteiger charge is 2.24. The fourth-order valence-corrected chi connectivity index (χ4v) is 11.4. The van der Waals surface area contributed by atoms with Crippen molar-refractivity contribution in [2.75, 3.05) is 0 Å². The van der Waals surface area contributed by atoms with Gasteiger partial charge < -0.3 is 9.30 Å². The highest BCUT2D eigenvalue weighted by molar-refractivity contribution is 6.12. The molecule has 4 aromatic heterocycles. The van der Waals surface area contributed by atoms with Gasteiger partial charge in [-0.05, 0) is 134 Å². The molecule has 6 nitrogen and oxygen atoms in total. The molecular formula is C74H59N5O. The molecule has 0 saturated heterocycles. The van der Waals surface area contributed by atoms with Crippen LogP contribution in [0, 0.1) is 6.33 Å². The number of benzene rings is 10. The van der Waals surface area contributed by atoms with Crippen LogP contribution in [-0.4, -0.2) is 18.7 Å². The first-order valence-electron chi connectivity index (χ1n) is 31.8. The zero-order chi connectivity index (χ0) is 63.0. The van der Waals surface area contributed by atoms with Gasteiger partial charge in [-0.2, -0.15) is 0 Å². The van der Waals surface area contributed by atoms with Crippen molar-refractivity contribution in [1.29, 1.82) is 0 Å². The number of imidazole rings is 1. The first kappa shape index (κ1) is 38.7. The SMILES string of the molecule is [2H]c1c([2H])c([2H])c(-c2cccc(-c3c([2H])c([2H])c([2H])c([2H])c3[2H])c2-[n+]2[c-]n(-c3cccc(Oc4ccc5c6cc(-n7c8ccccc8c8ccccc87)ccc6n(-c6cc(C(C)(C)C)ccn6)c5c4)c3)c3ccc(-c4ccccc4C(C)(C)C)cc32)c([2H])c1[2H]. The number of fused-ring (bicyclic) bond motifs is 7. The third-order valence-electron chi connectivity index (χ3n) is 15.2. The molecule has 386 valence electrons. The lowest BCUT2D eigenvalue weighted by Gasteiger charge is -2.23. The fraction of sp³-hybridized carbons (Fsp3) is 0.108. The Morgan fingerprint density at radius 2 is 1.06 bits per heavy atom. The third kappa shape index (κ3) is 8.34. The Morgan fingerprint density at radius 3 is 1.76 bits per heavy atom. The van der Waals surface area contributed by atoms with E-state index in [9.17, 15) is 5.48 Å². The Hall–Kier alpha value is -9.78. The predicted molar refractivity (Wildman–Crippen MR) is 330 cm³/mol. The van der Waals surface area contributed by atoms with E-state index < -0.39 is 60.4 Å². The first-order chi connectivity index (χ1) is 43.1. The zero-order valence-electron chi connectivity index (χ0n) is 55.0. The maximum absolute atomic E-state index is 9.30. The second-order valence-corrected chi connectivity index (χ2v) is 22.3. The van der Waals surface area contributed by atoms with Crippen molar-refractivity contribution >= 4 is 54.6 Å². The van der Waals surface area contributed by atoms with E-state index in [0.29, 0.717) is 28.2 Å². The smallest absolute Gasteiger partial charge is 0.269 e. The van der Waals surface area contributed by atoms with Crippen molar-refractivity contribution in [3.05, 3.63) is 266 Å². The van der Waals surface area contributed by atoms with Gasteiger partial charge in [-0.3, -0.25) is 13.7 Å². The van der Waals surface area contributed by atoms with Crippen molar-refractivity contribution in [1.82, 2.24) is 18.7 Å². The Bertz CT molecular complexity index is 5140. The van der Waals surface area contributed by atoms with Crippen LogP contribution in [0.5, 0.6) is 11.5 Å². The average molecular weight is 1040 g/mol. The summed E-state index contributed by atoms with van der Waals surface area (Å²) in [6.45, 7) is 13.0. The third-order valence-corrected chi connectivity index (χ3v) is 15.2. The molecule has 0 aliphatic carbocycles. The molecular weight excluding hydrogens is 975 g/mol. The number of hydrogen-bond acceptors (Lipinski definition) is 2. The molecule has 0 amide bonds. The van der Waals surface area contributed by atoms with Crippen LogP contribution in [0.2, 0.25) is 0 Å². The van der Waals surface area contributed by atoms with Crippen molar-refractivity contribution in [3.63, 3.8) is 0 Å². The molecule has 0 radical (unpaired) electrons. The Labute approximate surface area is 480 Å². The van der Waals surface area contributed by atoms with E-state index >= 15 is 0 Å². The van der Waals surface area contributed by atoms with Gasteiger partial charge in [0.2, 0.25) is 0 Å². The van der Waals surface area contributed by atoms with E-state index in [2.05, 4.69) is 154 Å². The monoisotopic (exact) mass is 1040 g/mol. The Kier molecular flexibility index (Phi) is 9.19. The molecule has 0 unspecified atom stereocenters. The van der Waals surface area contributed by atoms with Gasteiger partial charge in [-0.1, -0.05) is 199 Å². The van der Waals surface area contributed by atoms with Gasteiger partial charge in [-0.25, -0.2) is 4.98 Å². The summed E-state index contributed by atoms with van der Waals surface area (Å²) in [7, 11) is 0. The normalized spacial score (nSPS) is 13.9. The zero-order valence-corrected chi connectivity index (χ0v) is 45.0. The van der Waals surface area contributed by atoms with Crippen LogP contribution in [0.3, 0.4) is 0 Å². The first-order valence-corrected chi connectivity index (χ1v) is 26.8. The second-order valence-electron chi connectivity index (χ2n) is 22.3. The Balaban J connectivity index is 0.970. The van der Waals surface area contributed by atoms with E-state index in [1.54, 1.807) is 22.8 Å². The summed E-state index contributed by atoms with van der Waals surface area (Å²) in [5.74, 6) is 1.82. The predicted octanol–water partition coefficient (Wildman–Crippen LogP) is 18.7. The number of pyridine rings is 1. The highest BCUT2D eigenvalue weighted by atomic mass is 16.5. The van der Waals surface area contributed by atoms with Crippen LogP contribution in [0.15, 0.2) is 249 Å². The highest BCUT2D eigenvalue weighted by Crippen LogP contribution is 2.41. The van der Waals surface area contributed by atoms with Crippen LogP contribution in [0.1, 0.15) is 66.4 Å². The molecule has 0 spiro atoms. The Morgan fingerprint density at radius 1 is 0.450 bits per heavy atom. The maximum atomic E-state index is 9.30. The lowest BCUT2D eigenvalue weighted by molar-refractivity contribution is -0.571. The van der Waals surface area contributed by atoms with E-state index in [4.69, 9.17) is 17.9 Å². The minimum Gasteiger partial charge on any atom is -0.458 e. The molecule has 14 aromatic rings. The van der Waals surface area contributed by atoms with E-state index in [1.807, 2.05) is 77.5 Å². The van der Waals surface area contributed by atoms with Gasteiger partial charge >= 0.3 is 0 Å². The lowest BCUT2D eigenvalue weighted by atomic mass is 9.82. The molecule has 14 rings (SSSR count). The summed E-state index contributed by atoms with van der Waals surface area (Å²) < 4.78 is 105. The summed E-state index contributed by atoms with van der Waals surface area (Å²) in [6, 6.07) is 55.2. The minimum absolute atomic E-state index is 0.144. The van der Waals surface area contributed by atoms with Gasteiger partial charge in [0.1, 0.15) is 17.3 Å². The fourth-order valence-electron chi connectivity index (χ4n) is 11.4. The average Bonchev–Trinajstić information content (AvgIpc) is 1.59. The van der Waals surface area contributed by atoms with Crippen LogP contribution in [-0.2, 0) is 10.8 Å². The number of aromatic nitrogens is 5. The molecule has 0 saturated carbocycles. The van der Waals surface area contributed by atoms with Crippen molar-refractivity contribution in [3.8, 4) is 67.8 Å². The summed E-state index contributed by atoms with van der Waals surface area (Å²) in [4.78, 5) is 5.00. The summed E-state index contributed by atoms with van der Waals surface area (Å²) in [5.41, 5.74) is 10.7. The number of hydrogen-bond donors (Lipinski definition) is 0.